The van der Waals surface area contributed by atoms with E-state index in [0.29, 0.717) is 0 Å². The van der Waals surface area contributed by atoms with Crippen molar-refractivity contribution in [2.24, 2.45) is 0 Å². The number of benzene rings is 3. The molecule has 3 aromatic heterocycles. The largest absolute Gasteiger partial charge is 0.355 e. The molecule has 0 saturated heterocycles. The number of aromatic nitrogens is 3. The summed E-state index contributed by atoms with van der Waals surface area (Å²) in [6.45, 7) is 0. The van der Waals surface area contributed by atoms with E-state index in [2.05, 4.69) is 82.8 Å². The molecule has 3 heteroatoms. The van der Waals surface area contributed by atoms with Crippen molar-refractivity contribution >= 4 is 43.6 Å². The monoisotopic (exact) mass is 333 g/mol. The van der Waals surface area contributed by atoms with Crippen LogP contribution in [0.15, 0.2) is 79.0 Å². The molecule has 0 aliphatic rings. The number of H-pyrrole nitrogens is 2. The van der Waals surface area contributed by atoms with Gasteiger partial charge in [0.2, 0.25) is 0 Å². The molecule has 3 nitrogen and oxygen atoms in total. The summed E-state index contributed by atoms with van der Waals surface area (Å²) in [4.78, 5) is 11.6. The summed E-state index contributed by atoms with van der Waals surface area (Å²) in [5.41, 5.74) is 6.67. The van der Waals surface area contributed by atoms with Gasteiger partial charge >= 0.3 is 0 Å². The third-order valence-electron chi connectivity index (χ3n) is 5.19. The summed E-state index contributed by atoms with van der Waals surface area (Å²) in [6.07, 6.45) is 1.93. The van der Waals surface area contributed by atoms with Gasteiger partial charge in [-0.1, -0.05) is 42.5 Å². The standard InChI is InChI=1S/C23H15N3/c1-3-7-19-15(5-1)17-11-14(9-10-21(17)25-19)22-12-18-16-6-2-4-8-20(16)26-23(18)13-24-22/h1-13,25-26H. The molecule has 0 aliphatic heterocycles. The van der Waals surface area contributed by atoms with Crippen LogP contribution in [0.2, 0.25) is 0 Å². The topological polar surface area (TPSA) is 44.5 Å². The summed E-state index contributed by atoms with van der Waals surface area (Å²) in [5, 5.41) is 4.93. The predicted octanol–water partition coefficient (Wildman–Crippen LogP) is 6.02. The van der Waals surface area contributed by atoms with Crippen LogP contribution in [0.3, 0.4) is 0 Å². The smallest absolute Gasteiger partial charge is 0.0710 e. The van der Waals surface area contributed by atoms with Crippen LogP contribution in [-0.2, 0) is 0 Å². The molecule has 0 atom stereocenters. The lowest BCUT2D eigenvalue weighted by Gasteiger charge is -2.02. The lowest BCUT2D eigenvalue weighted by molar-refractivity contribution is 1.34. The maximum absolute atomic E-state index is 4.70. The fraction of sp³-hybridized carbons (Fsp3) is 0. The summed E-state index contributed by atoms with van der Waals surface area (Å²) < 4.78 is 0. The van der Waals surface area contributed by atoms with Crippen LogP contribution in [0.25, 0.3) is 54.9 Å². The fourth-order valence-electron chi connectivity index (χ4n) is 3.92. The molecule has 0 amide bonds. The Morgan fingerprint density at radius 3 is 1.92 bits per heavy atom. The van der Waals surface area contributed by atoms with Crippen molar-refractivity contribution in [3.05, 3.63) is 79.0 Å². The number of rotatable bonds is 1. The van der Waals surface area contributed by atoms with Gasteiger partial charge in [0.15, 0.2) is 0 Å². The molecule has 0 bridgehead atoms. The molecule has 0 radical (unpaired) electrons. The summed E-state index contributed by atoms with van der Waals surface area (Å²) in [5.74, 6) is 0. The lowest BCUT2D eigenvalue weighted by atomic mass is 10.1. The van der Waals surface area contributed by atoms with Crippen molar-refractivity contribution < 1.29 is 0 Å². The molecule has 0 aliphatic carbocycles. The number of hydrogen-bond donors (Lipinski definition) is 2. The second kappa shape index (κ2) is 4.96. The number of nitrogens with zero attached hydrogens (tertiary/aromatic N) is 1. The van der Waals surface area contributed by atoms with Gasteiger partial charge in [0.25, 0.3) is 0 Å². The Bertz CT molecular complexity index is 1320. The molecule has 3 aromatic carbocycles. The van der Waals surface area contributed by atoms with Gasteiger partial charge in [-0.3, -0.25) is 4.98 Å². The number of pyridine rings is 1. The summed E-state index contributed by atoms with van der Waals surface area (Å²) >= 11 is 0. The molecule has 26 heavy (non-hydrogen) atoms. The second-order valence-corrected chi connectivity index (χ2v) is 6.72. The maximum atomic E-state index is 4.70. The van der Waals surface area contributed by atoms with Crippen LogP contribution in [0.4, 0.5) is 0 Å². The van der Waals surface area contributed by atoms with Gasteiger partial charge in [-0.05, 0) is 30.3 Å². The van der Waals surface area contributed by atoms with E-state index in [4.69, 9.17) is 4.98 Å². The molecule has 0 unspecified atom stereocenters. The van der Waals surface area contributed by atoms with E-state index in [1.165, 1.54) is 27.1 Å². The highest BCUT2D eigenvalue weighted by Crippen LogP contribution is 2.32. The third kappa shape index (κ3) is 1.85. The van der Waals surface area contributed by atoms with Gasteiger partial charge in [-0.15, -0.1) is 0 Å². The van der Waals surface area contributed by atoms with Gasteiger partial charge in [-0.25, -0.2) is 0 Å². The van der Waals surface area contributed by atoms with Crippen LogP contribution < -0.4 is 0 Å². The molecule has 6 rings (SSSR count). The van der Waals surface area contributed by atoms with E-state index < -0.39 is 0 Å². The van der Waals surface area contributed by atoms with E-state index >= 15 is 0 Å². The first-order valence-corrected chi connectivity index (χ1v) is 8.74. The normalized spacial score (nSPS) is 11.8. The Balaban J connectivity index is 1.61. The second-order valence-electron chi connectivity index (χ2n) is 6.72. The zero-order valence-electron chi connectivity index (χ0n) is 14.0. The molecular formula is C23H15N3. The van der Waals surface area contributed by atoms with Crippen LogP contribution in [0.1, 0.15) is 0 Å². The highest BCUT2D eigenvalue weighted by atomic mass is 14.8. The van der Waals surface area contributed by atoms with Gasteiger partial charge < -0.3 is 9.97 Å². The molecule has 0 spiro atoms. The Kier molecular flexibility index (Phi) is 2.61. The zero-order valence-corrected chi connectivity index (χ0v) is 14.0. The first kappa shape index (κ1) is 13.7. The first-order valence-electron chi connectivity index (χ1n) is 8.74. The third-order valence-corrected chi connectivity index (χ3v) is 5.19. The molecule has 6 aromatic rings. The molecule has 122 valence electrons. The van der Waals surface area contributed by atoms with E-state index in [0.717, 1.165) is 27.8 Å². The Labute approximate surface area is 149 Å². The fourth-order valence-corrected chi connectivity index (χ4v) is 3.92. The minimum absolute atomic E-state index is 0.995. The molecule has 0 saturated carbocycles. The molecule has 3 heterocycles. The number of aromatic amines is 2. The van der Waals surface area contributed by atoms with Gasteiger partial charge in [0, 0.05) is 43.7 Å². The van der Waals surface area contributed by atoms with E-state index in [-0.39, 0.29) is 0 Å². The number of fused-ring (bicyclic) bond motifs is 6. The number of para-hydroxylation sites is 2. The predicted molar refractivity (Wildman–Crippen MR) is 108 cm³/mol. The van der Waals surface area contributed by atoms with Crippen molar-refractivity contribution in [2.45, 2.75) is 0 Å². The molecular weight excluding hydrogens is 318 g/mol. The first-order chi connectivity index (χ1) is 12.9. The lowest BCUT2D eigenvalue weighted by Crippen LogP contribution is -1.83. The van der Waals surface area contributed by atoms with Crippen molar-refractivity contribution in [2.75, 3.05) is 0 Å². The number of nitrogens with one attached hydrogen (secondary N) is 2. The minimum atomic E-state index is 0.995. The van der Waals surface area contributed by atoms with Crippen LogP contribution >= 0.6 is 0 Å². The van der Waals surface area contributed by atoms with Gasteiger partial charge in [0.05, 0.1) is 17.4 Å². The number of hydrogen-bond acceptors (Lipinski definition) is 1. The highest BCUT2D eigenvalue weighted by Gasteiger charge is 2.09. The van der Waals surface area contributed by atoms with Gasteiger partial charge in [-0.2, -0.15) is 0 Å². The van der Waals surface area contributed by atoms with Crippen molar-refractivity contribution in [3.63, 3.8) is 0 Å². The van der Waals surface area contributed by atoms with Crippen molar-refractivity contribution in [1.82, 2.24) is 15.0 Å². The van der Waals surface area contributed by atoms with Crippen LogP contribution in [-0.4, -0.2) is 15.0 Å². The summed E-state index contributed by atoms with van der Waals surface area (Å²) in [7, 11) is 0. The van der Waals surface area contributed by atoms with Crippen molar-refractivity contribution in [1.29, 1.82) is 0 Å². The molecule has 0 fully saturated rings. The van der Waals surface area contributed by atoms with E-state index in [9.17, 15) is 0 Å². The Morgan fingerprint density at radius 1 is 0.538 bits per heavy atom. The van der Waals surface area contributed by atoms with E-state index in [1.54, 1.807) is 0 Å². The zero-order chi connectivity index (χ0) is 17.1. The van der Waals surface area contributed by atoms with Crippen LogP contribution in [0, 0.1) is 0 Å². The maximum Gasteiger partial charge on any atom is 0.0710 e. The average Bonchev–Trinajstić information content (AvgIpc) is 3.25. The molecule has 2 N–H and O–H groups in total. The van der Waals surface area contributed by atoms with Crippen molar-refractivity contribution in [3.8, 4) is 11.3 Å². The average molecular weight is 333 g/mol. The Hall–Kier alpha value is -3.59. The minimum Gasteiger partial charge on any atom is -0.355 e. The van der Waals surface area contributed by atoms with Gasteiger partial charge in [0.1, 0.15) is 0 Å². The quantitative estimate of drug-likeness (QED) is 0.380. The highest BCUT2D eigenvalue weighted by molar-refractivity contribution is 6.10. The SMILES string of the molecule is c1ccc2c(c1)[nH]c1ccc(-c3cc4c(cn3)[nH]c3ccccc34)cc12. The van der Waals surface area contributed by atoms with Crippen LogP contribution in [0.5, 0.6) is 0 Å². The van der Waals surface area contributed by atoms with E-state index in [1.807, 2.05) is 6.20 Å². The summed E-state index contributed by atoms with van der Waals surface area (Å²) in [6, 6.07) is 25.5. The Morgan fingerprint density at radius 2 is 1.15 bits per heavy atom.